The minimum Gasteiger partial charge on any atom is -0.337 e. The minimum absolute atomic E-state index is 0.0554. The lowest BCUT2D eigenvalue weighted by Crippen LogP contribution is -2.13. The second-order valence-electron chi connectivity index (χ2n) is 5.98. The first kappa shape index (κ1) is 16.5. The molecule has 0 saturated heterocycles. The summed E-state index contributed by atoms with van der Waals surface area (Å²) in [5, 5.41) is 4.72. The Hall–Kier alpha value is -2.97. The van der Waals surface area contributed by atoms with Crippen LogP contribution in [0.4, 0.5) is 17.6 Å². The Bertz CT molecular complexity index is 1100. The SMILES string of the molecule is Cc1cc2c(cc1F)c1ccnc(C(F)(F)F)c1n2CCn1cncn1. The van der Waals surface area contributed by atoms with Crippen LogP contribution in [0.3, 0.4) is 0 Å². The van der Waals surface area contributed by atoms with Gasteiger partial charge in [0.25, 0.3) is 0 Å². The molecule has 3 heterocycles. The molecule has 0 aliphatic carbocycles. The molecular formula is C17H13F4N5. The van der Waals surface area contributed by atoms with Crippen molar-refractivity contribution in [3.63, 3.8) is 0 Å². The lowest BCUT2D eigenvalue weighted by Gasteiger charge is -2.12. The summed E-state index contributed by atoms with van der Waals surface area (Å²) >= 11 is 0. The zero-order chi connectivity index (χ0) is 18.5. The summed E-state index contributed by atoms with van der Waals surface area (Å²) in [5.74, 6) is -0.460. The molecule has 0 fully saturated rings. The molecule has 9 heteroatoms. The third-order valence-electron chi connectivity index (χ3n) is 4.34. The third kappa shape index (κ3) is 2.59. The van der Waals surface area contributed by atoms with Gasteiger partial charge in [0.2, 0.25) is 0 Å². The molecule has 4 aromatic rings. The molecule has 0 saturated carbocycles. The minimum atomic E-state index is -4.62. The molecule has 3 aromatic heterocycles. The van der Waals surface area contributed by atoms with Crippen molar-refractivity contribution in [1.82, 2.24) is 24.3 Å². The third-order valence-corrected chi connectivity index (χ3v) is 4.34. The van der Waals surface area contributed by atoms with Crippen LogP contribution in [0.25, 0.3) is 21.8 Å². The highest BCUT2D eigenvalue weighted by molar-refractivity contribution is 6.09. The number of hydrogen-bond acceptors (Lipinski definition) is 3. The van der Waals surface area contributed by atoms with E-state index in [2.05, 4.69) is 15.1 Å². The fourth-order valence-corrected chi connectivity index (χ4v) is 3.16. The Morgan fingerprint density at radius 1 is 1.12 bits per heavy atom. The van der Waals surface area contributed by atoms with E-state index in [9.17, 15) is 17.6 Å². The standard InChI is InChI=1S/C17H13F4N5/c1-10-6-14-12(7-13(10)18)11-2-3-23-16(17(19,20)21)15(11)26(14)5-4-25-9-22-8-24-25/h2-3,6-9H,4-5H2,1H3. The first-order valence-electron chi connectivity index (χ1n) is 7.83. The van der Waals surface area contributed by atoms with Gasteiger partial charge in [-0.25, -0.2) is 14.4 Å². The van der Waals surface area contributed by atoms with E-state index in [1.807, 2.05) is 0 Å². The highest BCUT2D eigenvalue weighted by Crippen LogP contribution is 2.38. The van der Waals surface area contributed by atoms with Crippen molar-refractivity contribution in [2.45, 2.75) is 26.2 Å². The zero-order valence-electron chi connectivity index (χ0n) is 13.6. The molecule has 0 spiro atoms. The Kier molecular flexibility index (Phi) is 3.67. The highest BCUT2D eigenvalue weighted by Gasteiger charge is 2.36. The van der Waals surface area contributed by atoms with Gasteiger partial charge in [-0.3, -0.25) is 4.68 Å². The number of benzene rings is 1. The molecule has 0 amide bonds. The first-order valence-corrected chi connectivity index (χ1v) is 7.83. The van der Waals surface area contributed by atoms with Crippen LogP contribution in [0.2, 0.25) is 0 Å². The van der Waals surface area contributed by atoms with Gasteiger partial charge in [0, 0.05) is 29.0 Å². The molecule has 0 atom stereocenters. The number of aromatic nitrogens is 5. The summed E-state index contributed by atoms with van der Waals surface area (Å²) in [6, 6.07) is 4.32. The maximum absolute atomic E-state index is 14.1. The van der Waals surface area contributed by atoms with Crippen LogP contribution >= 0.6 is 0 Å². The van der Waals surface area contributed by atoms with Crippen LogP contribution in [0.1, 0.15) is 11.3 Å². The Labute approximate surface area is 144 Å². The van der Waals surface area contributed by atoms with Gasteiger partial charge in [-0.2, -0.15) is 18.3 Å². The second kappa shape index (κ2) is 5.79. The lowest BCUT2D eigenvalue weighted by atomic mass is 10.1. The fraction of sp³-hybridized carbons (Fsp3) is 0.235. The monoisotopic (exact) mass is 363 g/mol. The normalized spacial score (nSPS) is 12.3. The van der Waals surface area contributed by atoms with Crippen molar-refractivity contribution < 1.29 is 17.6 Å². The lowest BCUT2D eigenvalue weighted by molar-refractivity contribution is -0.140. The van der Waals surface area contributed by atoms with E-state index in [1.165, 1.54) is 34.0 Å². The fourth-order valence-electron chi connectivity index (χ4n) is 3.16. The summed E-state index contributed by atoms with van der Waals surface area (Å²) in [6.45, 7) is 2.11. The molecule has 26 heavy (non-hydrogen) atoms. The maximum atomic E-state index is 14.1. The molecule has 0 radical (unpaired) electrons. The smallest absolute Gasteiger partial charge is 0.337 e. The van der Waals surface area contributed by atoms with E-state index < -0.39 is 17.7 Å². The number of fused-ring (bicyclic) bond motifs is 3. The predicted octanol–water partition coefficient (Wildman–Crippen LogP) is 3.95. The quantitative estimate of drug-likeness (QED) is 0.518. The van der Waals surface area contributed by atoms with E-state index in [0.29, 0.717) is 28.4 Å². The molecule has 4 rings (SSSR count). The summed E-state index contributed by atoms with van der Waals surface area (Å²) in [7, 11) is 0. The van der Waals surface area contributed by atoms with Crippen molar-refractivity contribution in [1.29, 1.82) is 0 Å². The van der Waals surface area contributed by atoms with Gasteiger partial charge in [0.15, 0.2) is 5.69 Å². The predicted molar refractivity (Wildman–Crippen MR) is 87.0 cm³/mol. The van der Waals surface area contributed by atoms with E-state index in [1.54, 1.807) is 13.0 Å². The van der Waals surface area contributed by atoms with Crippen LogP contribution in [0.5, 0.6) is 0 Å². The van der Waals surface area contributed by atoms with E-state index in [0.717, 1.165) is 6.20 Å². The van der Waals surface area contributed by atoms with Crippen molar-refractivity contribution in [2.24, 2.45) is 0 Å². The Morgan fingerprint density at radius 2 is 1.92 bits per heavy atom. The molecule has 0 bridgehead atoms. The van der Waals surface area contributed by atoms with Crippen LogP contribution in [-0.4, -0.2) is 24.3 Å². The van der Waals surface area contributed by atoms with Gasteiger partial charge in [0.1, 0.15) is 18.5 Å². The van der Waals surface area contributed by atoms with Crippen molar-refractivity contribution in [3.8, 4) is 0 Å². The summed E-state index contributed by atoms with van der Waals surface area (Å²) < 4.78 is 57.7. The molecule has 1 aromatic carbocycles. The summed E-state index contributed by atoms with van der Waals surface area (Å²) in [4.78, 5) is 7.38. The Balaban J connectivity index is 2.02. The summed E-state index contributed by atoms with van der Waals surface area (Å²) in [6.07, 6.45) is -0.674. The van der Waals surface area contributed by atoms with E-state index >= 15 is 0 Å². The Morgan fingerprint density at radius 3 is 2.62 bits per heavy atom. The first-order chi connectivity index (χ1) is 12.4. The molecule has 0 aliphatic rings. The molecular weight excluding hydrogens is 350 g/mol. The van der Waals surface area contributed by atoms with Crippen molar-refractivity contribution >= 4 is 21.8 Å². The van der Waals surface area contributed by atoms with Gasteiger partial charge in [-0.1, -0.05) is 0 Å². The topological polar surface area (TPSA) is 48.5 Å². The van der Waals surface area contributed by atoms with Gasteiger partial charge in [-0.15, -0.1) is 0 Å². The van der Waals surface area contributed by atoms with Crippen LogP contribution < -0.4 is 0 Å². The molecule has 0 unspecified atom stereocenters. The molecule has 0 aliphatic heterocycles. The van der Waals surface area contributed by atoms with Gasteiger partial charge in [0.05, 0.1) is 12.1 Å². The number of alkyl halides is 3. The van der Waals surface area contributed by atoms with Crippen molar-refractivity contribution in [3.05, 3.63) is 54.1 Å². The molecule has 134 valence electrons. The van der Waals surface area contributed by atoms with Crippen LogP contribution in [0.15, 0.2) is 37.1 Å². The van der Waals surface area contributed by atoms with Crippen LogP contribution in [0, 0.1) is 12.7 Å². The second-order valence-corrected chi connectivity index (χ2v) is 5.98. The zero-order valence-corrected chi connectivity index (χ0v) is 13.6. The molecule has 0 N–H and O–H groups in total. The number of hydrogen-bond donors (Lipinski definition) is 0. The maximum Gasteiger partial charge on any atom is 0.435 e. The van der Waals surface area contributed by atoms with Gasteiger partial charge >= 0.3 is 6.18 Å². The highest BCUT2D eigenvalue weighted by atomic mass is 19.4. The van der Waals surface area contributed by atoms with Crippen LogP contribution in [-0.2, 0) is 19.3 Å². The number of aryl methyl sites for hydroxylation is 3. The van der Waals surface area contributed by atoms with Gasteiger partial charge in [-0.05, 0) is 30.7 Å². The largest absolute Gasteiger partial charge is 0.435 e. The van der Waals surface area contributed by atoms with E-state index in [4.69, 9.17) is 0 Å². The number of nitrogens with zero attached hydrogens (tertiary/aromatic N) is 5. The summed E-state index contributed by atoms with van der Waals surface area (Å²) in [5.41, 5.74) is -0.149. The number of pyridine rings is 1. The van der Waals surface area contributed by atoms with Crippen molar-refractivity contribution in [2.75, 3.05) is 0 Å². The van der Waals surface area contributed by atoms with Gasteiger partial charge < -0.3 is 4.57 Å². The average Bonchev–Trinajstić information content (AvgIpc) is 3.19. The average molecular weight is 363 g/mol. The molecule has 5 nitrogen and oxygen atoms in total. The number of halogens is 4. The number of rotatable bonds is 3. The van der Waals surface area contributed by atoms with E-state index in [-0.39, 0.29) is 12.1 Å².